The van der Waals surface area contributed by atoms with Gasteiger partial charge in [-0.3, -0.25) is 0 Å². The Morgan fingerprint density at radius 2 is 2.08 bits per heavy atom. The Hall–Kier alpha value is -1.58. The summed E-state index contributed by atoms with van der Waals surface area (Å²) in [7, 11) is 0. The molecule has 0 N–H and O–H groups in total. The van der Waals surface area contributed by atoms with Crippen molar-refractivity contribution >= 4 is 11.0 Å². The summed E-state index contributed by atoms with van der Waals surface area (Å²) in [4.78, 5) is 7.93. The maximum Gasteiger partial charge on any atom is 0.184 e. The lowest BCUT2D eigenvalue weighted by molar-refractivity contribution is 0.792. The van der Waals surface area contributed by atoms with Gasteiger partial charge in [-0.2, -0.15) is 5.10 Å². The summed E-state index contributed by atoms with van der Waals surface area (Å²) >= 11 is 0. The monoisotopic (exact) mass is 174 g/mol. The Morgan fingerprint density at radius 3 is 2.85 bits per heavy atom. The molecule has 0 unspecified atom stereocenters. The first-order valence-electron chi connectivity index (χ1n) is 4.20. The van der Waals surface area contributed by atoms with Gasteiger partial charge in [0.05, 0.1) is 5.69 Å². The SMILES string of the molecule is CC(C)c1cc2cncnc2nn1. The lowest BCUT2D eigenvalue weighted by Crippen LogP contribution is -1.96. The van der Waals surface area contributed by atoms with Crippen molar-refractivity contribution in [3.8, 4) is 0 Å². The zero-order valence-electron chi connectivity index (χ0n) is 7.60. The van der Waals surface area contributed by atoms with Crippen molar-refractivity contribution in [2.24, 2.45) is 0 Å². The van der Waals surface area contributed by atoms with Crippen molar-refractivity contribution in [2.45, 2.75) is 19.8 Å². The summed E-state index contributed by atoms with van der Waals surface area (Å²) < 4.78 is 0. The number of fused-ring (bicyclic) bond motifs is 1. The molecule has 2 rings (SSSR count). The highest BCUT2D eigenvalue weighted by Crippen LogP contribution is 2.13. The minimum Gasteiger partial charge on any atom is -0.244 e. The Labute approximate surface area is 76.1 Å². The molecule has 66 valence electrons. The van der Waals surface area contributed by atoms with E-state index in [-0.39, 0.29) is 0 Å². The van der Waals surface area contributed by atoms with Crippen LogP contribution in [0.3, 0.4) is 0 Å². The third-order valence-electron chi connectivity index (χ3n) is 1.87. The van der Waals surface area contributed by atoms with Crippen molar-refractivity contribution < 1.29 is 0 Å². The van der Waals surface area contributed by atoms with Crippen LogP contribution in [0.2, 0.25) is 0 Å². The average molecular weight is 174 g/mol. The Balaban J connectivity index is 2.62. The van der Waals surface area contributed by atoms with E-state index in [0.717, 1.165) is 11.1 Å². The van der Waals surface area contributed by atoms with Gasteiger partial charge in [0.15, 0.2) is 5.65 Å². The standard InChI is InChI=1S/C9H10N4/c1-6(2)8-3-7-4-10-5-11-9(7)13-12-8/h3-6H,1-2H3. The Bertz CT molecular complexity index is 425. The largest absolute Gasteiger partial charge is 0.244 e. The molecule has 4 nitrogen and oxygen atoms in total. The van der Waals surface area contributed by atoms with E-state index in [1.54, 1.807) is 6.20 Å². The second-order valence-electron chi connectivity index (χ2n) is 3.23. The smallest absolute Gasteiger partial charge is 0.184 e. The topological polar surface area (TPSA) is 51.6 Å². The zero-order chi connectivity index (χ0) is 9.26. The minimum atomic E-state index is 0.386. The van der Waals surface area contributed by atoms with E-state index in [9.17, 15) is 0 Å². The van der Waals surface area contributed by atoms with Gasteiger partial charge in [-0.15, -0.1) is 5.10 Å². The van der Waals surface area contributed by atoms with Gasteiger partial charge in [0.25, 0.3) is 0 Å². The molecule has 0 amide bonds. The molecule has 2 heterocycles. The highest BCUT2D eigenvalue weighted by Gasteiger charge is 2.03. The van der Waals surface area contributed by atoms with Gasteiger partial charge in [-0.25, -0.2) is 9.97 Å². The molecule has 0 aliphatic rings. The first-order chi connectivity index (χ1) is 6.27. The minimum absolute atomic E-state index is 0.386. The maximum absolute atomic E-state index is 4.07. The fourth-order valence-electron chi connectivity index (χ4n) is 1.09. The summed E-state index contributed by atoms with van der Waals surface area (Å²) in [5.74, 6) is 0.386. The summed E-state index contributed by atoms with van der Waals surface area (Å²) in [6.07, 6.45) is 3.23. The predicted octanol–water partition coefficient (Wildman–Crippen LogP) is 1.54. The van der Waals surface area contributed by atoms with Gasteiger partial charge in [0.1, 0.15) is 6.33 Å². The summed E-state index contributed by atoms with van der Waals surface area (Å²) in [6.45, 7) is 4.17. The van der Waals surface area contributed by atoms with Gasteiger partial charge in [-0.1, -0.05) is 13.8 Å². The fraction of sp³-hybridized carbons (Fsp3) is 0.333. The van der Waals surface area contributed by atoms with E-state index in [2.05, 4.69) is 34.0 Å². The van der Waals surface area contributed by atoms with Gasteiger partial charge >= 0.3 is 0 Å². The molecular formula is C9H10N4. The van der Waals surface area contributed by atoms with E-state index in [1.807, 2.05) is 6.07 Å². The van der Waals surface area contributed by atoms with Crippen molar-refractivity contribution in [2.75, 3.05) is 0 Å². The number of hydrogen-bond acceptors (Lipinski definition) is 4. The van der Waals surface area contributed by atoms with Gasteiger partial charge in [0, 0.05) is 11.6 Å². The van der Waals surface area contributed by atoms with Crippen LogP contribution in [0.5, 0.6) is 0 Å². The zero-order valence-corrected chi connectivity index (χ0v) is 7.60. The summed E-state index contributed by atoms with van der Waals surface area (Å²) in [5.41, 5.74) is 1.63. The fourth-order valence-corrected chi connectivity index (χ4v) is 1.09. The van der Waals surface area contributed by atoms with E-state index in [1.165, 1.54) is 6.33 Å². The van der Waals surface area contributed by atoms with Crippen molar-refractivity contribution in [1.29, 1.82) is 0 Å². The Morgan fingerprint density at radius 1 is 1.23 bits per heavy atom. The first-order valence-corrected chi connectivity index (χ1v) is 4.20. The number of rotatable bonds is 1. The molecule has 0 atom stereocenters. The highest BCUT2D eigenvalue weighted by atomic mass is 15.1. The van der Waals surface area contributed by atoms with Crippen LogP contribution in [0, 0.1) is 0 Å². The van der Waals surface area contributed by atoms with Crippen LogP contribution in [0.25, 0.3) is 11.0 Å². The van der Waals surface area contributed by atoms with E-state index in [0.29, 0.717) is 11.6 Å². The van der Waals surface area contributed by atoms with Gasteiger partial charge in [0.2, 0.25) is 0 Å². The van der Waals surface area contributed by atoms with E-state index < -0.39 is 0 Å². The molecule has 0 saturated heterocycles. The molecule has 0 saturated carbocycles. The molecule has 13 heavy (non-hydrogen) atoms. The lowest BCUT2D eigenvalue weighted by Gasteiger charge is -2.02. The van der Waals surface area contributed by atoms with Crippen molar-refractivity contribution in [3.63, 3.8) is 0 Å². The third-order valence-corrected chi connectivity index (χ3v) is 1.87. The molecule has 0 spiro atoms. The molecule has 0 bridgehead atoms. The van der Waals surface area contributed by atoms with Crippen molar-refractivity contribution in [1.82, 2.24) is 20.2 Å². The molecule has 0 aliphatic carbocycles. The second kappa shape index (κ2) is 3.05. The summed E-state index contributed by atoms with van der Waals surface area (Å²) in [5, 5.41) is 9.01. The molecular weight excluding hydrogens is 164 g/mol. The maximum atomic E-state index is 4.07. The van der Waals surface area contributed by atoms with Gasteiger partial charge in [-0.05, 0) is 12.0 Å². The quantitative estimate of drug-likeness (QED) is 0.658. The second-order valence-corrected chi connectivity index (χ2v) is 3.23. The van der Waals surface area contributed by atoms with Crippen LogP contribution in [0.15, 0.2) is 18.6 Å². The predicted molar refractivity (Wildman–Crippen MR) is 49.2 cm³/mol. The molecule has 2 aromatic rings. The van der Waals surface area contributed by atoms with Crippen LogP contribution in [-0.2, 0) is 0 Å². The number of nitrogens with zero attached hydrogens (tertiary/aromatic N) is 4. The number of aromatic nitrogens is 4. The molecule has 4 heteroatoms. The van der Waals surface area contributed by atoms with Crippen LogP contribution in [-0.4, -0.2) is 20.2 Å². The van der Waals surface area contributed by atoms with Crippen LogP contribution in [0.1, 0.15) is 25.5 Å². The molecule has 0 aromatic carbocycles. The third kappa shape index (κ3) is 1.47. The van der Waals surface area contributed by atoms with Crippen LogP contribution < -0.4 is 0 Å². The van der Waals surface area contributed by atoms with E-state index in [4.69, 9.17) is 0 Å². The van der Waals surface area contributed by atoms with Crippen LogP contribution in [0.4, 0.5) is 0 Å². The molecule has 0 fully saturated rings. The highest BCUT2D eigenvalue weighted by molar-refractivity contribution is 5.72. The van der Waals surface area contributed by atoms with Crippen LogP contribution >= 0.6 is 0 Å². The molecule has 2 aromatic heterocycles. The van der Waals surface area contributed by atoms with E-state index >= 15 is 0 Å². The Kier molecular flexibility index (Phi) is 1.88. The van der Waals surface area contributed by atoms with Gasteiger partial charge < -0.3 is 0 Å². The summed E-state index contributed by atoms with van der Waals surface area (Å²) in [6, 6.07) is 1.98. The first kappa shape index (κ1) is 8.04. The molecule has 0 radical (unpaired) electrons. The average Bonchev–Trinajstić information content (AvgIpc) is 2.17. The molecule has 0 aliphatic heterocycles. The number of hydrogen-bond donors (Lipinski definition) is 0. The lowest BCUT2D eigenvalue weighted by atomic mass is 10.1. The normalized spacial score (nSPS) is 11.0. The van der Waals surface area contributed by atoms with Crippen molar-refractivity contribution in [3.05, 3.63) is 24.3 Å².